The van der Waals surface area contributed by atoms with Crippen LogP contribution in [0, 0.1) is 5.82 Å². The van der Waals surface area contributed by atoms with Crippen molar-refractivity contribution in [2.45, 2.75) is 55.5 Å². The predicted molar refractivity (Wildman–Crippen MR) is 110 cm³/mol. The summed E-state index contributed by atoms with van der Waals surface area (Å²) in [6.45, 7) is 0. The van der Waals surface area contributed by atoms with Gasteiger partial charge in [-0.3, -0.25) is 9.59 Å². The molecule has 1 aliphatic carbocycles. The van der Waals surface area contributed by atoms with Crippen molar-refractivity contribution in [2.24, 2.45) is 0 Å². The molecule has 2 aliphatic rings. The van der Waals surface area contributed by atoms with Gasteiger partial charge in [0.2, 0.25) is 15.9 Å². The summed E-state index contributed by atoms with van der Waals surface area (Å²) in [6, 6.07) is 11.6. The zero-order chi connectivity index (χ0) is 21.3. The van der Waals surface area contributed by atoms with Crippen molar-refractivity contribution in [3.8, 4) is 0 Å². The Kier molecular flexibility index (Phi) is 5.71. The summed E-state index contributed by atoms with van der Waals surface area (Å²) in [6.07, 6.45) is 3.86. The van der Waals surface area contributed by atoms with Gasteiger partial charge in [0.1, 0.15) is 11.9 Å². The largest absolute Gasteiger partial charge is 0.274 e. The molecule has 0 bridgehead atoms. The summed E-state index contributed by atoms with van der Waals surface area (Å²) in [4.78, 5) is 27.1. The Bertz CT molecular complexity index is 1030. The molecule has 0 aromatic heterocycles. The van der Waals surface area contributed by atoms with Crippen LogP contribution in [0.4, 0.5) is 10.1 Å². The van der Waals surface area contributed by atoms with Gasteiger partial charge in [0.15, 0.2) is 0 Å². The van der Waals surface area contributed by atoms with Gasteiger partial charge in [-0.25, -0.2) is 17.7 Å². The standard InChI is InChI=1S/C22H23FN2O4S/c23-16-11-13-17(14-12-16)24-21(26)15-20(22(24)27)25(18-7-3-1-4-8-18)30(28,29)19-9-5-2-6-10-19/h2,5-6,9-14,18,20H,1,3-4,7-8,15H2. The second kappa shape index (κ2) is 8.28. The molecule has 4 rings (SSSR count). The molecule has 1 unspecified atom stereocenters. The second-order valence-electron chi connectivity index (χ2n) is 7.70. The molecule has 30 heavy (non-hydrogen) atoms. The van der Waals surface area contributed by atoms with E-state index in [1.54, 1.807) is 18.2 Å². The highest BCUT2D eigenvalue weighted by atomic mass is 32.2. The fourth-order valence-corrected chi connectivity index (χ4v) is 6.19. The molecule has 158 valence electrons. The number of rotatable bonds is 5. The summed E-state index contributed by atoms with van der Waals surface area (Å²) in [7, 11) is -3.98. The lowest BCUT2D eigenvalue weighted by atomic mass is 9.94. The van der Waals surface area contributed by atoms with Crippen molar-refractivity contribution >= 4 is 27.5 Å². The number of sulfonamides is 1. The number of benzene rings is 2. The minimum absolute atomic E-state index is 0.107. The number of hydrogen-bond donors (Lipinski definition) is 0. The summed E-state index contributed by atoms with van der Waals surface area (Å²) >= 11 is 0. The first kappa shape index (κ1) is 20.7. The van der Waals surface area contributed by atoms with E-state index in [1.165, 1.54) is 40.7 Å². The first-order chi connectivity index (χ1) is 14.4. The quantitative estimate of drug-likeness (QED) is 0.681. The normalized spacial score (nSPS) is 20.9. The molecule has 0 radical (unpaired) electrons. The fourth-order valence-electron chi connectivity index (χ4n) is 4.34. The van der Waals surface area contributed by atoms with E-state index >= 15 is 0 Å². The van der Waals surface area contributed by atoms with Gasteiger partial charge in [0, 0.05) is 6.04 Å². The van der Waals surface area contributed by atoms with Crippen LogP contribution in [0.3, 0.4) is 0 Å². The Morgan fingerprint density at radius 1 is 0.900 bits per heavy atom. The molecule has 1 saturated heterocycles. The number of carbonyl (C=O) groups excluding carboxylic acids is 2. The van der Waals surface area contributed by atoms with Gasteiger partial charge in [0.25, 0.3) is 5.91 Å². The first-order valence-electron chi connectivity index (χ1n) is 10.1. The Hall–Kier alpha value is -2.58. The smallest absolute Gasteiger partial charge is 0.252 e. The highest BCUT2D eigenvalue weighted by Gasteiger charge is 2.49. The average molecular weight is 431 g/mol. The topological polar surface area (TPSA) is 74.8 Å². The number of amides is 2. The Morgan fingerprint density at radius 3 is 2.17 bits per heavy atom. The van der Waals surface area contributed by atoms with Crippen LogP contribution in [0.2, 0.25) is 0 Å². The predicted octanol–water partition coefficient (Wildman–Crippen LogP) is 3.48. The van der Waals surface area contributed by atoms with Crippen LogP contribution in [0.15, 0.2) is 59.5 Å². The molecule has 2 amide bonds. The molecule has 1 aliphatic heterocycles. The number of nitrogens with zero attached hydrogens (tertiary/aromatic N) is 2. The van der Waals surface area contributed by atoms with Crippen LogP contribution < -0.4 is 4.90 Å². The van der Waals surface area contributed by atoms with Gasteiger partial charge in [-0.05, 0) is 49.2 Å². The van der Waals surface area contributed by atoms with Crippen LogP contribution in [0.5, 0.6) is 0 Å². The van der Waals surface area contributed by atoms with Crippen LogP contribution >= 0.6 is 0 Å². The minimum atomic E-state index is -3.98. The van der Waals surface area contributed by atoms with E-state index in [9.17, 15) is 22.4 Å². The van der Waals surface area contributed by atoms with Gasteiger partial charge in [-0.2, -0.15) is 4.31 Å². The third kappa shape index (κ3) is 3.77. The zero-order valence-electron chi connectivity index (χ0n) is 16.4. The third-order valence-electron chi connectivity index (χ3n) is 5.77. The molecular formula is C22H23FN2O4S. The maximum atomic E-state index is 13.6. The van der Waals surface area contributed by atoms with E-state index < -0.39 is 33.7 Å². The molecule has 2 aromatic rings. The molecule has 2 fully saturated rings. The Balaban J connectivity index is 1.73. The lowest BCUT2D eigenvalue weighted by Crippen LogP contribution is -2.51. The van der Waals surface area contributed by atoms with Gasteiger partial charge in [0.05, 0.1) is 17.0 Å². The van der Waals surface area contributed by atoms with Crippen molar-refractivity contribution in [3.05, 3.63) is 60.4 Å². The molecule has 0 spiro atoms. The van der Waals surface area contributed by atoms with Crippen LogP contribution in [-0.4, -0.2) is 36.6 Å². The fraction of sp³-hybridized carbons (Fsp3) is 0.364. The molecule has 2 aromatic carbocycles. The molecule has 1 atom stereocenters. The van der Waals surface area contributed by atoms with E-state index in [2.05, 4.69) is 0 Å². The van der Waals surface area contributed by atoms with Gasteiger partial charge in [-0.15, -0.1) is 0 Å². The second-order valence-corrected chi connectivity index (χ2v) is 9.55. The molecule has 6 nitrogen and oxygen atoms in total. The van der Waals surface area contributed by atoms with E-state index in [0.717, 1.165) is 24.2 Å². The molecule has 1 saturated carbocycles. The molecule has 1 heterocycles. The molecular weight excluding hydrogens is 407 g/mol. The summed E-state index contributed by atoms with van der Waals surface area (Å²) < 4.78 is 41.7. The summed E-state index contributed by atoms with van der Waals surface area (Å²) in [5, 5.41) is 0. The van der Waals surface area contributed by atoms with E-state index in [4.69, 9.17) is 0 Å². The van der Waals surface area contributed by atoms with Crippen molar-refractivity contribution < 1.29 is 22.4 Å². The van der Waals surface area contributed by atoms with E-state index in [0.29, 0.717) is 12.8 Å². The number of hydrogen-bond acceptors (Lipinski definition) is 4. The van der Waals surface area contributed by atoms with Crippen molar-refractivity contribution in [2.75, 3.05) is 4.90 Å². The van der Waals surface area contributed by atoms with E-state index in [1.807, 2.05) is 0 Å². The SMILES string of the molecule is O=C1CC(N(C2CCCCC2)S(=O)(=O)c2ccccc2)C(=O)N1c1ccc(F)cc1. The Labute approximate surface area is 175 Å². The number of carbonyl (C=O) groups is 2. The molecule has 0 N–H and O–H groups in total. The maximum Gasteiger partial charge on any atom is 0.252 e. The highest BCUT2D eigenvalue weighted by molar-refractivity contribution is 7.89. The van der Waals surface area contributed by atoms with Crippen molar-refractivity contribution in [1.29, 1.82) is 0 Å². The lowest BCUT2D eigenvalue weighted by Gasteiger charge is -2.36. The molecule has 8 heteroatoms. The summed E-state index contributed by atoms with van der Waals surface area (Å²) in [5.74, 6) is -1.55. The monoisotopic (exact) mass is 430 g/mol. The Morgan fingerprint density at radius 2 is 1.53 bits per heavy atom. The third-order valence-corrected chi connectivity index (χ3v) is 7.74. The van der Waals surface area contributed by atoms with E-state index in [-0.39, 0.29) is 23.0 Å². The maximum absolute atomic E-state index is 13.6. The minimum Gasteiger partial charge on any atom is -0.274 e. The zero-order valence-corrected chi connectivity index (χ0v) is 17.2. The average Bonchev–Trinajstić information content (AvgIpc) is 3.04. The van der Waals surface area contributed by atoms with Crippen LogP contribution in [0.25, 0.3) is 0 Å². The first-order valence-corrected chi connectivity index (χ1v) is 11.5. The van der Waals surface area contributed by atoms with Crippen LogP contribution in [0.1, 0.15) is 38.5 Å². The number of anilines is 1. The van der Waals surface area contributed by atoms with Gasteiger partial charge in [-0.1, -0.05) is 37.5 Å². The summed E-state index contributed by atoms with van der Waals surface area (Å²) in [5.41, 5.74) is 0.245. The van der Waals surface area contributed by atoms with Gasteiger partial charge >= 0.3 is 0 Å². The van der Waals surface area contributed by atoms with Gasteiger partial charge < -0.3 is 0 Å². The van der Waals surface area contributed by atoms with Crippen LogP contribution in [-0.2, 0) is 19.6 Å². The van der Waals surface area contributed by atoms with Crippen molar-refractivity contribution in [1.82, 2.24) is 4.31 Å². The number of halogens is 1. The van der Waals surface area contributed by atoms with Crippen molar-refractivity contribution in [3.63, 3.8) is 0 Å². The lowest BCUT2D eigenvalue weighted by molar-refractivity contribution is -0.122. The highest BCUT2D eigenvalue weighted by Crippen LogP contribution is 2.35. The number of imide groups is 1.